The molecule has 0 spiro atoms. The first kappa shape index (κ1) is 16.0. The predicted molar refractivity (Wildman–Crippen MR) is 93.1 cm³/mol. The van der Waals surface area contributed by atoms with Crippen molar-refractivity contribution in [1.29, 1.82) is 0 Å². The van der Waals surface area contributed by atoms with E-state index in [1.165, 1.54) is 0 Å². The van der Waals surface area contributed by atoms with Gasteiger partial charge in [-0.05, 0) is 38.1 Å². The number of hydrogen-bond acceptors (Lipinski definition) is 3. The Labute approximate surface area is 140 Å². The number of benzene rings is 1. The molecule has 6 nitrogen and oxygen atoms in total. The molecule has 124 valence electrons. The van der Waals surface area contributed by atoms with Crippen molar-refractivity contribution in [2.45, 2.75) is 26.3 Å². The van der Waals surface area contributed by atoms with Gasteiger partial charge in [0.15, 0.2) is 0 Å². The van der Waals surface area contributed by atoms with Crippen molar-refractivity contribution in [2.24, 2.45) is 0 Å². The molecule has 0 bridgehead atoms. The quantitative estimate of drug-likeness (QED) is 0.911. The minimum absolute atomic E-state index is 0.0119. The summed E-state index contributed by atoms with van der Waals surface area (Å²) >= 11 is 0. The van der Waals surface area contributed by atoms with E-state index in [0.717, 1.165) is 16.9 Å². The zero-order chi connectivity index (χ0) is 17.1. The third kappa shape index (κ3) is 3.71. The van der Waals surface area contributed by atoms with Crippen molar-refractivity contribution in [3.05, 3.63) is 53.7 Å². The summed E-state index contributed by atoms with van der Waals surface area (Å²) in [5.41, 5.74) is 2.83. The van der Waals surface area contributed by atoms with Gasteiger partial charge in [0.25, 0.3) is 0 Å². The predicted octanol–water partition coefficient (Wildman–Crippen LogP) is 2.63. The minimum atomic E-state index is -0.350. The Morgan fingerprint density at radius 1 is 1.17 bits per heavy atom. The molecule has 0 unspecified atom stereocenters. The maximum Gasteiger partial charge on any atom is 0.320 e. The van der Waals surface area contributed by atoms with Gasteiger partial charge in [0, 0.05) is 24.3 Å². The maximum atomic E-state index is 12.2. The van der Waals surface area contributed by atoms with E-state index in [4.69, 9.17) is 0 Å². The van der Waals surface area contributed by atoms with Crippen molar-refractivity contribution in [3.8, 4) is 0 Å². The number of nitrogens with one attached hydrogen (secondary N) is 2. The SMILES string of the molecule is Cc1ccc(N2C[C@@H](NC(=O)Nc3cccc(C)n3)CC2=O)cc1. The van der Waals surface area contributed by atoms with E-state index < -0.39 is 0 Å². The summed E-state index contributed by atoms with van der Waals surface area (Å²) in [6.07, 6.45) is 0.294. The lowest BCUT2D eigenvalue weighted by atomic mass is 10.2. The minimum Gasteiger partial charge on any atom is -0.333 e. The molecule has 3 amide bonds. The second-order valence-corrected chi connectivity index (χ2v) is 6.00. The highest BCUT2D eigenvalue weighted by molar-refractivity contribution is 5.97. The topological polar surface area (TPSA) is 74.3 Å². The van der Waals surface area contributed by atoms with Crippen LogP contribution in [0.1, 0.15) is 17.7 Å². The number of carbonyl (C=O) groups excluding carboxylic acids is 2. The standard InChI is InChI=1S/C18H20N4O2/c1-12-6-8-15(9-7-12)22-11-14(10-17(22)23)20-18(24)21-16-5-3-4-13(2)19-16/h3-9,14H,10-11H2,1-2H3,(H2,19,20,21,24)/t14-/m0/s1. The van der Waals surface area contributed by atoms with E-state index in [-0.39, 0.29) is 18.0 Å². The van der Waals surface area contributed by atoms with Crippen molar-refractivity contribution in [2.75, 3.05) is 16.8 Å². The fourth-order valence-corrected chi connectivity index (χ4v) is 2.73. The number of hydrogen-bond donors (Lipinski definition) is 2. The monoisotopic (exact) mass is 324 g/mol. The van der Waals surface area contributed by atoms with E-state index in [9.17, 15) is 9.59 Å². The van der Waals surface area contributed by atoms with E-state index in [2.05, 4.69) is 15.6 Å². The molecule has 2 N–H and O–H groups in total. The van der Waals surface area contributed by atoms with Crippen LogP contribution in [0.4, 0.5) is 16.3 Å². The van der Waals surface area contributed by atoms with Gasteiger partial charge < -0.3 is 10.2 Å². The van der Waals surface area contributed by atoms with Gasteiger partial charge in [-0.15, -0.1) is 0 Å². The van der Waals surface area contributed by atoms with Crippen LogP contribution in [0.2, 0.25) is 0 Å². The molecule has 6 heteroatoms. The smallest absolute Gasteiger partial charge is 0.320 e. The highest BCUT2D eigenvalue weighted by Gasteiger charge is 2.31. The molecular formula is C18H20N4O2. The Morgan fingerprint density at radius 2 is 1.92 bits per heavy atom. The number of carbonyl (C=O) groups is 2. The molecule has 3 rings (SSSR count). The number of amides is 3. The molecule has 1 atom stereocenters. The van der Waals surface area contributed by atoms with Gasteiger partial charge in [0.05, 0.1) is 6.04 Å². The molecule has 0 saturated carbocycles. The second-order valence-electron chi connectivity index (χ2n) is 6.00. The van der Waals surface area contributed by atoms with Gasteiger partial charge in [-0.1, -0.05) is 23.8 Å². The molecule has 0 radical (unpaired) electrons. The van der Waals surface area contributed by atoms with Gasteiger partial charge >= 0.3 is 6.03 Å². The molecule has 1 fully saturated rings. The number of aryl methyl sites for hydroxylation is 2. The third-order valence-electron chi connectivity index (χ3n) is 3.94. The van der Waals surface area contributed by atoms with Crippen molar-refractivity contribution >= 4 is 23.4 Å². The zero-order valence-electron chi connectivity index (χ0n) is 13.7. The summed E-state index contributed by atoms with van der Waals surface area (Å²) in [5.74, 6) is 0.505. The van der Waals surface area contributed by atoms with E-state index in [0.29, 0.717) is 18.8 Å². The van der Waals surface area contributed by atoms with Crippen LogP contribution < -0.4 is 15.5 Å². The number of urea groups is 1. The number of aromatic nitrogens is 1. The van der Waals surface area contributed by atoms with Crippen LogP contribution in [0.15, 0.2) is 42.5 Å². The lowest BCUT2D eigenvalue weighted by Gasteiger charge is -2.17. The molecule has 1 aliphatic heterocycles. The van der Waals surface area contributed by atoms with E-state index >= 15 is 0 Å². The highest BCUT2D eigenvalue weighted by Crippen LogP contribution is 2.22. The van der Waals surface area contributed by atoms with Gasteiger partial charge in [-0.2, -0.15) is 0 Å². The average molecular weight is 324 g/mol. The molecule has 2 heterocycles. The first-order valence-electron chi connectivity index (χ1n) is 7.89. The number of pyridine rings is 1. The first-order valence-corrected chi connectivity index (χ1v) is 7.89. The Morgan fingerprint density at radius 3 is 2.62 bits per heavy atom. The first-order chi connectivity index (χ1) is 11.5. The Balaban J connectivity index is 1.59. The summed E-state index contributed by atoms with van der Waals surface area (Å²) in [7, 11) is 0. The van der Waals surface area contributed by atoms with Crippen LogP contribution in [0.3, 0.4) is 0 Å². The van der Waals surface area contributed by atoms with Crippen LogP contribution in [-0.2, 0) is 4.79 Å². The fraction of sp³-hybridized carbons (Fsp3) is 0.278. The largest absolute Gasteiger partial charge is 0.333 e. The second kappa shape index (κ2) is 6.70. The molecule has 2 aromatic rings. The summed E-state index contributed by atoms with van der Waals surface area (Å²) < 4.78 is 0. The van der Waals surface area contributed by atoms with Crippen molar-refractivity contribution in [3.63, 3.8) is 0 Å². The maximum absolute atomic E-state index is 12.2. The molecule has 0 aliphatic carbocycles. The number of anilines is 2. The lowest BCUT2D eigenvalue weighted by molar-refractivity contribution is -0.117. The zero-order valence-corrected chi connectivity index (χ0v) is 13.7. The molecule has 1 aromatic carbocycles. The number of nitrogens with zero attached hydrogens (tertiary/aromatic N) is 2. The van der Waals surface area contributed by atoms with Crippen LogP contribution >= 0.6 is 0 Å². The van der Waals surface area contributed by atoms with E-state index in [1.54, 1.807) is 11.0 Å². The molecule has 1 aliphatic rings. The molecule has 24 heavy (non-hydrogen) atoms. The van der Waals surface area contributed by atoms with Crippen LogP contribution in [-0.4, -0.2) is 29.5 Å². The van der Waals surface area contributed by atoms with Crippen LogP contribution in [0.25, 0.3) is 0 Å². The fourth-order valence-electron chi connectivity index (χ4n) is 2.73. The van der Waals surface area contributed by atoms with Gasteiger partial charge in [0.2, 0.25) is 5.91 Å². The normalized spacial score (nSPS) is 17.0. The van der Waals surface area contributed by atoms with Gasteiger partial charge in [0.1, 0.15) is 5.82 Å². The summed E-state index contributed by atoms with van der Waals surface area (Å²) in [6.45, 7) is 4.33. The van der Waals surface area contributed by atoms with Crippen molar-refractivity contribution in [1.82, 2.24) is 10.3 Å². The van der Waals surface area contributed by atoms with Crippen molar-refractivity contribution < 1.29 is 9.59 Å². The molecule has 1 aromatic heterocycles. The Kier molecular flexibility index (Phi) is 4.46. The Hall–Kier alpha value is -2.89. The summed E-state index contributed by atoms with van der Waals surface area (Å²) in [4.78, 5) is 30.2. The summed E-state index contributed by atoms with van der Waals surface area (Å²) in [5, 5.41) is 5.53. The highest BCUT2D eigenvalue weighted by atomic mass is 16.2. The molecular weight excluding hydrogens is 304 g/mol. The third-order valence-corrected chi connectivity index (χ3v) is 3.94. The Bertz CT molecular complexity index is 758. The number of rotatable bonds is 3. The van der Waals surface area contributed by atoms with Crippen LogP contribution in [0.5, 0.6) is 0 Å². The van der Waals surface area contributed by atoms with Gasteiger partial charge in [-0.25, -0.2) is 9.78 Å². The summed E-state index contributed by atoms with van der Waals surface area (Å²) in [6, 6.07) is 12.6. The molecule has 1 saturated heterocycles. The van der Waals surface area contributed by atoms with E-state index in [1.807, 2.05) is 50.2 Å². The van der Waals surface area contributed by atoms with Gasteiger partial charge in [-0.3, -0.25) is 10.1 Å². The average Bonchev–Trinajstić information content (AvgIpc) is 2.88. The van der Waals surface area contributed by atoms with Crippen LogP contribution in [0, 0.1) is 13.8 Å². The lowest BCUT2D eigenvalue weighted by Crippen LogP contribution is -2.39.